The summed E-state index contributed by atoms with van der Waals surface area (Å²) in [7, 11) is 2.83. The summed E-state index contributed by atoms with van der Waals surface area (Å²) >= 11 is 0. The number of aromatic hydroxyl groups is 1. The molecule has 0 heterocycles. The average Bonchev–Trinajstić information content (AvgIpc) is 2.45. The standard InChI is InChI=1S/C17H23NO4/c1-11(2)9-12(3)16(20)18(4)15(17(21)22-5)13-7-6-8-14(19)10-13/h6-8,10,12,15,19H,1,9H2,2-5H3. The fourth-order valence-corrected chi connectivity index (χ4v) is 2.41. The van der Waals surface area contributed by atoms with Crippen LogP contribution in [0.15, 0.2) is 36.4 Å². The Balaban J connectivity index is 3.09. The molecule has 5 nitrogen and oxygen atoms in total. The van der Waals surface area contributed by atoms with Gasteiger partial charge in [0.2, 0.25) is 5.91 Å². The molecule has 0 fully saturated rings. The van der Waals surface area contributed by atoms with Crippen LogP contribution in [-0.2, 0) is 14.3 Å². The van der Waals surface area contributed by atoms with Crippen molar-refractivity contribution in [3.8, 4) is 5.75 Å². The van der Waals surface area contributed by atoms with Crippen LogP contribution < -0.4 is 0 Å². The van der Waals surface area contributed by atoms with Crippen LogP contribution in [0.2, 0.25) is 0 Å². The minimum absolute atomic E-state index is 0.0298. The summed E-state index contributed by atoms with van der Waals surface area (Å²) in [5, 5.41) is 9.60. The summed E-state index contributed by atoms with van der Waals surface area (Å²) in [5.74, 6) is -0.986. The summed E-state index contributed by atoms with van der Waals surface area (Å²) in [5.41, 5.74) is 1.41. The van der Waals surface area contributed by atoms with E-state index in [4.69, 9.17) is 4.74 Å². The molecule has 2 atom stereocenters. The van der Waals surface area contributed by atoms with Gasteiger partial charge in [-0.1, -0.05) is 24.6 Å². The van der Waals surface area contributed by atoms with E-state index in [1.807, 2.05) is 6.92 Å². The quantitative estimate of drug-likeness (QED) is 0.648. The van der Waals surface area contributed by atoms with Crippen LogP contribution in [0.3, 0.4) is 0 Å². The predicted molar refractivity (Wildman–Crippen MR) is 84.2 cm³/mol. The van der Waals surface area contributed by atoms with Crippen molar-refractivity contribution in [1.82, 2.24) is 4.90 Å². The monoisotopic (exact) mass is 305 g/mol. The Morgan fingerprint density at radius 3 is 2.55 bits per heavy atom. The van der Waals surface area contributed by atoms with Crippen molar-refractivity contribution < 1.29 is 19.4 Å². The van der Waals surface area contributed by atoms with Crippen LogP contribution in [0.5, 0.6) is 5.75 Å². The molecule has 0 spiro atoms. The number of methoxy groups -OCH3 is 1. The van der Waals surface area contributed by atoms with Gasteiger partial charge in [0.15, 0.2) is 6.04 Å². The van der Waals surface area contributed by atoms with E-state index in [-0.39, 0.29) is 17.6 Å². The van der Waals surface area contributed by atoms with Crippen molar-refractivity contribution >= 4 is 11.9 Å². The van der Waals surface area contributed by atoms with Crippen LogP contribution >= 0.6 is 0 Å². The number of phenolic OH excluding ortho intramolecular Hbond substituents is 1. The van der Waals surface area contributed by atoms with E-state index < -0.39 is 12.0 Å². The van der Waals surface area contributed by atoms with Gasteiger partial charge in [0, 0.05) is 13.0 Å². The lowest BCUT2D eigenvalue weighted by Gasteiger charge is -2.29. The second-order valence-electron chi connectivity index (χ2n) is 5.53. The molecular formula is C17H23NO4. The third-order valence-electron chi connectivity index (χ3n) is 3.42. The van der Waals surface area contributed by atoms with Crippen molar-refractivity contribution in [2.24, 2.45) is 5.92 Å². The summed E-state index contributed by atoms with van der Waals surface area (Å²) < 4.78 is 4.81. The van der Waals surface area contributed by atoms with E-state index in [0.717, 1.165) is 5.57 Å². The lowest BCUT2D eigenvalue weighted by atomic mass is 9.99. The van der Waals surface area contributed by atoms with Gasteiger partial charge in [0.05, 0.1) is 7.11 Å². The van der Waals surface area contributed by atoms with Crippen molar-refractivity contribution in [2.75, 3.05) is 14.2 Å². The van der Waals surface area contributed by atoms with Crippen LogP contribution in [-0.4, -0.2) is 36.0 Å². The molecule has 22 heavy (non-hydrogen) atoms. The number of phenols is 1. The van der Waals surface area contributed by atoms with E-state index in [1.165, 1.54) is 24.1 Å². The molecule has 1 aromatic carbocycles. The maximum atomic E-state index is 12.5. The first kappa shape index (κ1) is 17.8. The van der Waals surface area contributed by atoms with Gasteiger partial charge < -0.3 is 14.7 Å². The lowest BCUT2D eigenvalue weighted by Crippen LogP contribution is -2.39. The Morgan fingerprint density at radius 2 is 2.05 bits per heavy atom. The SMILES string of the molecule is C=C(C)CC(C)C(=O)N(C)C(C(=O)OC)c1cccc(O)c1. The van der Waals surface area contributed by atoms with Gasteiger partial charge in [-0.3, -0.25) is 4.79 Å². The van der Waals surface area contributed by atoms with Crippen LogP contribution in [0.4, 0.5) is 0 Å². The Kier molecular flexibility index (Phi) is 6.16. The minimum Gasteiger partial charge on any atom is -0.508 e. The summed E-state index contributed by atoms with van der Waals surface area (Å²) in [6, 6.07) is 5.36. The first-order valence-corrected chi connectivity index (χ1v) is 7.05. The zero-order valence-electron chi connectivity index (χ0n) is 13.5. The number of carbonyl (C=O) groups excluding carboxylic acids is 2. The number of benzene rings is 1. The second kappa shape index (κ2) is 7.64. The topological polar surface area (TPSA) is 66.8 Å². The number of rotatable bonds is 6. The number of allylic oxidation sites excluding steroid dienone is 1. The fourth-order valence-electron chi connectivity index (χ4n) is 2.41. The second-order valence-corrected chi connectivity index (χ2v) is 5.53. The molecule has 1 amide bonds. The highest BCUT2D eigenvalue weighted by atomic mass is 16.5. The van der Waals surface area contributed by atoms with Crippen LogP contribution in [0, 0.1) is 5.92 Å². The molecule has 1 N–H and O–H groups in total. The van der Waals surface area contributed by atoms with Crippen molar-refractivity contribution in [3.05, 3.63) is 42.0 Å². The summed E-state index contributed by atoms with van der Waals surface area (Å²) in [6.45, 7) is 7.46. The maximum Gasteiger partial charge on any atom is 0.333 e. The van der Waals surface area contributed by atoms with E-state index in [0.29, 0.717) is 12.0 Å². The average molecular weight is 305 g/mol. The zero-order chi connectivity index (χ0) is 16.9. The third kappa shape index (κ3) is 4.35. The smallest absolute Gasteiger partial charge is 0.333 e. The minimum atomic E-state index is -0.892. The van der Waals surface area contributed by atoms with Gasteiger partial charge in [-0.15, -0.1) is 6.58 Å². The van der Waals surface area contributed by atoms with Gasteiger partial charge >= 0.3 is 5.97 Å². The molecule has 0 saturated carbocycles. The van der Waals surface area contributed by atoms with E-state index >= 15 is 0 Å². The summed E-state index contributed by atoms with van der Waals surface area (Å²) in [6.07, 6.45) is 0.553. The van der Waals surface area contributed by atoms with E-state index in [2.05, 4.69) is 6.58 Å². The van der Waals surface area contributed by atoms with Gasteiger partial charge in [0.25, 0.3) is 0 Å². The highest BCUT2D eigenvalue weighted by Crippen LogP contribution is 2.26. The number of esters is 1. The molecule has 2 unspecified atom stereocenters. The van der Waals surface area contributed by atoms with Crippen LogP contribution in [0.25, 0.3) is 0 Å². The van der Waals surface area contributed by atoms with E-state index in [1.54, 1.807) is 26.1 Å². The predicted octanol–water partition coefficient (Wildman–Crippen LogP) is 2.67. The van der Waals surface area contributed by atoms with Crippen molar-refractivity contribution in [1.29, 1.82) is 0 Å². The molecule has 5 heteroatoms. The Morgan fingerprint density at radius 1 is 1.41 bits per heavy atom. The molecule has 0 bridgehead atoms. The molecule has 0 aliphatic carbocycles. The molecule has 0 aliphatic rings. The van der Waals surface area contributed by atoms with Gasteiger partial charge in [0.1, 0.15) is 5.75 Å². The van der Waals surface area contributed by atoms with Crippen LogP contribution in [0.1, 0.15) is 31.9 Å². The van der Waals surface area contributed by atoms with Crippen molar-refractivity contribution in [3.63, 3.8) is 0 Å². The number of carbonyl (C=O) groups is 2. The molecule has 120 valence electrons. The molecular weight excluding hydrogens is 282 g/mol. The number of likely N-dealkylation sites (N-methyl/N-ethyl adjacent to an activating group) is 1. The van der Waals surface area contributed by atoms with E-state index in [9.17, 15) is 14.7 Å². The lowest BCUT2D eigenvalue weighted by molar-refractivity contribution is -0.153. The molecule has 0 saturated heterocycles. The molecule has 1 aromatic rings. The number of nitrogens with zero attached hydrogens (tertiary/aromatic N) is 1. The highest BCUT2D eigenvalue weighted by Gasteiger charge is 2.31. The zero-order valence-corrected chi connectivity index (χ0v) is 13.5. The highest BCUT2D eigenvalue weighted by molar-refractivity contribution is 5.86. The molecule has 1 rings (SSSR count). The summed E-state index contributed by atoms with van der Waals surface area (Å²) in [4.78, 5) is 26.0. The fraction of sp³-hybridized carbons (Fsp3) is 0.412. The Labute approximate surface area is 131 Å². The molecule has 0 aromatic heterocycles. The number of ether oxygens (including phenoxy) is 1. The largest absolute Gasteiger partial charge is 0.508 e. The normalized spacial score (nSPS) is 13.1. The molecule has 0 radical (unpaired) electrons. The van der Waals surface area contributed by atoms with Crippen molar-refractivity contribution in [2.45, 2.75) is 26.3 Å². The van der Waals surface area contributed by atoms with Gasteiger partial charge in [-0.2, -0.15) is 0 Å². The number of hydrogen-bond donors (Lipinski definition) is 1. The molecule has 0 aliphatic heterocycles. The Hall–Kier alpha value is -2.30. The van der Waals surface area contributed by atoms with Gasteiger partial charge in [-0.25, -0.2) is 4.79 Å². The van der Waals surface area contributed by atoms with Gasteiger partial charge in [-0.05, 0) is 31.0 Å². The first-order valence-electron chi connectivity index (χ1n) is 7.05. The Bertz CT molecular complexity index is 568. The third-order valence-corrected chi connectivity index (χ3v) is 3.42. The number of hydrogen-bond acceptors (Lipinski definition) is 4. The first-order chi connectivity index (χ1) is 10.3. The number of amides is 1. The maximum absolute atomic E-state index is 12.5.